The fourth-order valence-corrected chi connectivity index (χ4v) is 3.76. The van der Waals surface area contributed by atoms with Crippen LogP contribution in [0.1, 0.15) is 42.7 Å². The van der Waals surface area contributed by atoms with Crippen molar-refractivity contribution in [1.82, 2.24) is 9.47 Å². The maximum absolute atomic E-state index is 13.3. The molecule has 5 nitrogen and oxygen atoms in total. The molecule has 2 atom stereocenters. The van der Waals surface area contributed by atoms with E-state index in [4.69, 9.17) is 4.74 Å². The zero-order valence-corrected chi connectivity index (χ0v) is 15.6. The van der Waals surface area contributed by atoms with Crippen molar-refractivity contribution >= 4 is 16.8 Å². The molecule has 136 valence electrons. The number of aromatic nitrogens is 1. The Morgan fingerprint density at radius 1 is 1.40 bits per heavy atom. The minimum Gasteiger partial charge on any atom is -0.497 e. The van der Waals surface area contributed by atoms with E-state index in [1.54, 1.807) is 12.0 Å². The minimum absolute atomic E-state index is 0.0107. The first-order valence-corrected chi connectivity index (χ1v) is 9.12. The van der Waals surface area contributed by atoms with E-state index < -0.39 is 6.10 Å². The van der Waals surface area contributed by atoms with Gasteiger partial charge in [-0.05, 0) is 43.9 Å². The largest absolute Gasteiger partial charge is 0.497 e. The lowest BCUT2D eigenvalue weighted by Crippen LogP contribution is -2.46. The van der Waals surface area contributed by atoms with Crippen molar-refractivity contribution in [2.24, 2.45) is 5.92 Å². The molecule has 3 rings (SSSR count). The first kappa shape index (κ1) is 17.8. The lowest BCUT2D eigenvalue weighted by atomic mass is 9.95. The fourth-order valence-electron chi connectivity index (χ4n) is 3.76. The van der Waals surface area contributed by atoms with Crippen molar-refractivity contribution in [1.29, 1.82) is 0 Å². The molecule has 0 saturated carbocycles. The number of nitrogens with zero attached hydrogens (tertiary/aromatic N) is 2. The zero-order chi connectivity index (χ0) is 18.1. The highest BCUT2D eigenvalue weighted by atomic mass is 16.5. The number of carbonyl (C=O) groups excluding carboxylic acids is 1. The normalized spacial score (nSPS) is 20.9. The van der Waals surface area contributed by atoms with Crippen LogP contribution in [-0.4, -0.2) is 46.8 Å². The molecule has 1 fully saturated rings. The summed E-state index contributed by atoms with van der Waals surface area (Å²) in [6.45, 7) is 8.17. The lowest BCUT2D eigenvalue weighted by Gasteiger charge is -2.34. The molecule has 0 spiro atoms. The number of likely N-dealkylation sites (tertiary alicyclic amines) is 1. The van der Waals surface area contributed by atoms with E-state index in [0.717, 1.165) is 47.3 Å². The Hall–Kier alpha value is -2.01. The molecule has 1 aliphatic heterocycles. The van der Waals surface area contributed by atoms with Gasteiger partial charge in [-0.25, -0.2) is 0 Å². The average molecular weight is 344 g/mol. The van der Waals surface area contributed by atoms with E-state index in [9.17, 15) is 9.90 Å². The van der Waals surface area contributed by atoms with Crippen LogP contribution in [0.2, 0.25) is 0 Å². The van der Waals surface area contributed by atoms with Crippen LogP contribution in [0.3, 0.4) is 0 Å². The van der Waals surface area contributed by atoms with Gasteiger partial charge < -0.3 is 19.3 Å². The second-order valence-corrected chi connectivity index (χ2v) is 7.08. The Balaban J connectivity index is 2.07. The molecule has 1 amide bonds. The van der Waals surface area contributed by atoms with E-state index >= 15 is 0 Å². The lowest BCUT2D eigenvalue weighted by molar-refractivity contribution is 0.0249. The zero-order valence-electron chi connectivity index (χ0n) is 15.6. The smallest absolute Gasteiger partial charge is 0.256 e. The number of hydrogen-bond donors (Lipinski definition) is 1. The third-order valence-corrected chi connectivity index (χ3v) is 5.40. The third kappa shape index (κ3) is 3.13. The summed E-state index contributed by atoms with van der Waals surface area (Å²) in [5.74, 6) is 1.01. The highest BCUT2D eigenvalue weighted by molar-refractivity contribution is 6.08. The van der Waals surface area contributed by atoms with Gasteiger partial charge >= 0.3 is 0 Å². The van der Waals surface area contributed by atoms with Gasteiger partial charge in [0.15, 0.2) is 0 Å². The van der Waals surface area contributed by atoms with Gasteiger partial charge in [0.2, 0.25) is 0 Å². The molecule has 2 heterocycles. The molecule has 1 aliphatic rings. The van der Waals surface area contributed by atoms with Gasteiger partial charge in [0.05, 0.1) is 18.8 Å². The number of ether oxygens (including phenoxy) is 1. The summed E-state index contributed by atoms with van der Waals surface area (Å²) in [4.78, 5) is 15.1. The number of benzene rings is 1. The first-order valence-electron chi connectivity index (χ1n) is 9.12. The monoisotopic (exact) mass is 344 g/mol. The van der Waals surface area contributed by atoms with Crippen LogP contribution >= 0.6 is 0 Å². The average Bonchev–Trinajstić information content (AvgIpc) is 2.88. The van der Waals surface area contributed by atoms with Gasteiger partial charge in [0, 0.05) is 36.2 Å². The molecule has 5 heteroatoms. The summed E-state index contributed by atoms with van der Waals surface area (Å²) in [7, 11) is 1.64. The fraction of sp³-hybridized carbons (Fsp3) is 0.550. The number of aliphatic hydroxyl groups excluding tert-OH is 1. The van der Waals surface area contributed by atoms with E-state index in [1.165, 1.54) is 0 Å². The van der Waals surface area contributed by atoms with Crippen LogP contribution in [0.5, 0.6) is 5.75 Å². The van der Waals surface area contributed by atoms with Crippen molar-refractivity contribution in [2.45, 2.75) is 46.3 Å². The number of fused-ring (bicyclic) bond motifs is 1. The third-order valence-electron chi connectivity index (χ3n) is 5.40. The molecule has 0 radical (unpaired) electrons. The van der Waals surface area contributed by atoms with Crippen LogP contribution in [0.25, 0.3) is 10.9 Å². The Morgan fingerprint density at radius 2 is 2.16 bits per heavy atom. The number of β-amino-alcohol motifs (C(OH)–C–C–N with tert-alkyl or cyclic N) is 1. The van der Waals surface area contributed by atoms with Gasteiger partial charge in [-0.1, -0.05) is 13.8 Å². The van der Waals surface area contributed by atoms with Gasteiger partial charge in [-0.2, -0.15) is 0 Å². The van der Waals surface area contributed by atoms with Gasteiger partial charge in [0.1, 0.15) is 5.75 Å². The van der Waals surface area contributed by atoms with Crippen molar-refractivity contribution in [2.75, 3.05) is 20.2 Å². The summed E-state index contributed by atoms with van der Waals surface area (Å²) >= 11 is 0. The molecule has 0 aliphatic carbocycles. The number of aliphatic hydroxyl groups is 1. The molecule has 2 aromatic rings. The highest BCUT2D eigenvalue weighted by Crippen LogP contribution is 2.31. The molecule has 2 unspecified atom stereocenters. The standard InChI is InChI=1S/C20H28N2O3/c1-5-9-22-14(3)19(16-11-15(25-4)6-7-17(16)22)20(24)21-10-8-13(2)18(23)12-21/h6-7,11,13,18,23H,5,8-10,12H2,1-4H3. The van der Waals surface area contributed by atoms with Gasteiger partial charge in [-0.3, -0.25) is 4.79 Å². The number of aryl methyl sites for hydroxylation is 1. The van der Waals surface area contributed by atoms with E-state index in [2.05, 4.69) is 11.5 Å². The van der Waals surface area contributed by atoms with Crippen molar-refractivity contribution in [3.63, 3.8) is 0 Å². The second kappa shape index (κ2) is 7.08. The molecular formula is C20H28N2O3. The second-order valence-electron chi connectivity index (χ2n) is 7.08. The van der Waals surface area contributed by atoms with Crippen LogP contribution < -0.4 is 4.74 Å². The number of amides is 1. The number of methoxy groups -OCH3 is 1. The number of hydrogen-bond acceptors (Lipinski definition) is 3. The van der Waals surface area contributed by atoms with Gasteiger partial charge in [0.25, 0.3) is 5.91 Å². The van der Waals surface area contributed by atoms with Crippen molar-refractivity contribution in [3.8, 4) is 5.75 Å². The van der Waals surface area contributed by atoms with Crippen LogP contribution in [-0.2, 0) is 6.54 Å². The molecular weight excluding hydrogens is 316 g/mol. The van der Waals surface area contributed by atoms with E-state index in [-0.39, 0.29) is 11.8 Å². The van der Waals surface area contributed by atoms with Crippen LogP contribution in [0, 0.1) is 12.8 Å². The molecule has 25 heavy (non-hydrogen) atoms. The topological polar surface area (TPSA) is 54.7 Å². The van der Waals surface area contributed by atoms with Crippen LogP contribution in [0.4, 0.5) is 0 Å². The maximum atomic E-state index is 13.3. The first-order chi connectivity index (χ1) is 12.0. The summed E-state index contributed by atoms with van der Waals surface area (Å²) in [6.07, 6.45) is 1.39. The van der Waals surface area contributed by atoms with E-state index in [1.807, 2.05) is 32.0 Å². The molecule has 1 aromatic heterocycles. The van der Waals surface area contributed by atoms with Crippen molar-refractivity contribution in [3.05, 3.63) is 29.5 Å². The molecule has 1 saturated heterocycles. The Kier molecular flexibility index (Phi) is 5.04. The summed E-state index contributed by atoms with van der Waals surface area (Å²) in [5, 5.41) is 11.1. The number of piperidine rings is 1. The summed E-state index contributed by atoms with van der Waals surface area (Å²) in [5.41, 5.74) is 2.79. The molecule has 0 bridgehead atoms. The quantitative estimate of drug-likeness (QED) is 0.926. The van der Waals surface area contributed by atoms with Crippen molar-refractivity contribution < 1.29 is 14.6 Å². The molecule has 1 aromatic carbocycles. The summed E-state index contributed by atoms with van der Waals surface area (Å²) in [6, 6.07) is 5.92. The summed E-state index contributed by atoms with van der Waals surface area (Å²) < 4.78 is 7.58. The predicted octanol–water partition coefficient (Wildman–Crippen LogP) is 3.21. The highest BCUT2D eigenvalue weighted by Gasteiger charge is 2.30. The number of rotatable bonds is 4. The Labute approximate surface area is 149 Å². The van der Waals surface area contributed by atoms with E-state index in [0.29, 0.717) is 13.1 Å². The van der Waals surface area contributed by atoms with Crippen LogP contribution in [0.15, 0.2) is 18.2 Å². The number of carbonyl (C=O) groups is 1. The van der Waals surface area contributed by atoms with Gasteiger partial charge in [-0.15, -0.1) is 0 Å². The maximum Gasteiger partial charge on any atom is 0.256 e. The Bertz CT molecular complexity index is 781. The SMILES string of the molecule is CCCn1c(C)c(C(=O)N2CCC(C)C(O)C2)c2cc(OC)ccc21. The minimum atomic E-state index is -0.448. The predicted molar refractivity (Wildman–Crippen MR) is 99.2 cm³/mol. The molecule has 1 N–H and O–H groups in total. The Morgan fingerprint density at radius 3 is 2.80 bits per heavy atom.